The molecule has 1 aliphatic heterocycles. The molecule has 23 heavy (non-hydrogen) atoms. The zero-order valence-corrected chi connectivity index (χ0v) is 12.4. The topological polar surface area (TPSA) is 44.5 Å². The van der Waals surface area contributed by atoms with E-state index in [-0.39, 0.29) is 12.1 Å². The molecule has 3 nitrogen and oxygen atoms in total. The lowest BCUT2D eigenvalue weighted by Crippen LogP contribution is -2.27. The highest BCUT2D eigenvalue weighted by Gasteiger charge is 2.30. The van der Waals surface area contributed by atoms with E-state index in [4.69, 9.17) is 15.2 Å². The number of hydrogen-bond donors (Lipinski definition) is 1. The molecule has 2 N–H and O–H groups in total. The Balaban J connectivity index is 1.80. The lowest BCUT2D eigenvalue weighted by molar-refractivity contribution is -0.137. The zero-order chi connectivity index (χ0) is 16.6. The number of fused-ring (bicyclic) bond motifs is 1. The molecular formula is C17H16F3NO2. The Morgan fingerprint density at radius 1 is 1.09 bits per heavy atom. The average Bonchev–Trinajstić information content (AvgIpc) is 2.46. The van der Waals surface area contributed by atoms with Gasteiger partial charge in [0.25, 0.3) is 0 Å². The van der Waals surface area contributed by atoms with Crippen molar-refractivity contribution in [2.45, 2.75) is 31.7 Å². The molecule has 1 aliphatic rings. The third-order valence-electron chi connectivity index (χ3n) is 3.72. The number of nitrogens with two attached hydrogens (primary N) is 1. The predicted molar refractivity (Wildman–Crippen MR) is 79.6 cm³/mol. The van der Waals surface area contributed by atoms with E-state index < -0.39 is 11.7 Å². The van der Waals surface area contributed by atoms with Crippen LogP contribution in [0.5, 0.6) is 17.2 Å². The van der Waals surface area contributed by atoms with Crippen molar-refractivity contribution in [2.24, 2.45) is 5.73 Å². The van der Waals surface area contributed by atoms with Gasteiger partial charge in [0, 0.05) is 24.1 Å². The van der Waals surface area contributed by atoms with Crippen molar-refractivity contribution in [1.29, 1.82) is 0 Å². The molecule has 0 aromatic heterocycles. The van der Waals surface area contributed by atoms with E-state index in [1.165, 1.54) is 12.1 Å². The van der Waals surface area contributed by atoms with Crippen molar-refractivity contribution in [3.8, 4) is 17.2 Å². The van der Waals surface area contributed by atoms with E-state index in [1.807, 2.05) is 13.0 Å². The van der Waals surface area contributed by atoms with Gasteiger partial charge in [-0.25, -0.2) is 0 Å². The molecule has 1 heterocycles. The number of halogens is 3. The SMILES string of the molecule is CC1CC(N)c2ccc(Oc3ccc(C(F)(F)F)cc3)cc2O1. The Morgan fingerprint density at radius 2 is 1.74 bits per heavy atom. The van der Waals surface area contributed by atoms with Gasteiger partial charge in [0.2, 0.25) is 0 Å². The summed E-state index contributed by atoms with van der Waals surface area (Å²) in [5.41, 5.74) is 6.27. The summed E-state index contributed by atoms with van der Waals surface area (Å²) in [7, 11) is 0. The van der Waals surface area contributed by atoms with Crippen LogP contribution in [-0.4, -0.2) is 6.10 Å². The van der Waals surface area contributed by atoms with Crippen molar-refractivity contribution in [2.75, 3.05) is 0 Å². The number of alkyl halides is 3. The summed E-state index contributed by atoms with van der Waals surface area (Å²) in [5, 5.41) is 0. The van der Waals surface area contributed by atoms with E-state index >= 15 is 0 Å². The Hall–Kier alpha value is -2.21. The van der Waals surface area contributed by atoms with Gasteiger partial charge in [-0.1, -0.05) is 6.07 Å². The van der Waals surface area contributed by atoms with Gasteiger partial charge in [0.1, 0.15) is 17.2 Å². The third kappa shape index (κ3) is 3.42. The quantitative estimate of drug-likeness (QED) is 0.873. The van der Waals surface area contributed by atoms with Crippen LogP contribution in [0.2, 0.25) is 0 Å². The van der Waals surface area contributed by atoms with Crippen molar-refractivity contribution in [3.63, 3.8) is 0 Å². The highest BCUT2D eigenvalue weighted by atomic mass is 19.4. The molecule has 2 atom stereocenters. The summed E-state index contributed by atoms with van der Waals surface area (Å²) < 4.78 is 48.9. The van der Waals surface area contributed by atoms with Gasteiger partial charge >= 0.3 is 6.18 Å². The molecule has 2 unspecified atom stereocenters. The maximum absolute atomic E-state index is 12.5. The molecule has 0 bridgehead atoms. The van der Waals surface area contributed by atoms with Gasteiger partial charge in [0.05, 0.1) is 11.7 Å². The number of ether oxygens (including phenoxy) is 2. The minimum Gasteiger partial charge on any atom is -0.490 e. The van der Waals surface area contributed by atoms with Crippen LogP contribution in [0.15, 0.2) is 42.5 Å². The molecular weight excluding hydrogens is 307 g/mol. The summed E-state index contributed by atoms with van der Waals surface area (Å²) in [6.45, 7) is 1.94. The van der Waals surface area contributed by atoms with Gasteiger partial charge in [-0.05, 0) is 37.3 Å². The monoisotopic (exact) mass is 323 g/mol. The van der Waals surface area contributed by atoms with E-state index in [1.54, 1.807) is 12.1 Å². The van der Waals surface area contributed by atoms with Crippen molar-refractivity contribution >= 4 is 0 Å². The van der Waals surface area contributed by atoms with Gasteiger partial charge in [-0.2, -0.15) is 13.2 Å². The average molecular weight is 323 g/mol. The molecule has 0 fully saturated rings. The van der Waals surface area contributed by atoms with Crippen LogP contribution in [0.3, 0.4) is 0 Å². The molecule has 6 heteroatoms. The van der Waals surface area contributed by atoms with Gasteiger partial charge < -0.3 is 15.2 Å². The molecule has 0 saturated heterocycles. The molecule has 0 saturated carbocycles. The fourth-order valence-electron chi connectivity index (χ4n) is 2.58. The summed E-state index contributed by atoms with van der Waals surface area (Å²) >= 11 is 0. The van der Waals surface area contributed by atoms with E-state index in [2.05, 4.69) is 0 Å². The van der Waals surface area contributed by atoms with Gasteiger partial charge in [-0.15, -0.1) is 0 Å². The van der Waals surface area contributed by atoms with Crippen molar-refractivity contribution in [3.05, 3.63) is 53.6 Å². The summed E-state index contributed by atoms with van der Waals surface area (Å²) in [5.74, 6) is 1.47. The molecule has 2 aromatic carbocycles. The van der Waals surface area contributed by atoms with E-state index in [0.29, 0.717) is 17.2 Å². The fraction of sp³-hybridized carbons (Fsp3) is 0.294. The fourth-order valence-corrected chi connectivity index (χ4v) is 2.58. The first-order valence-corrected chi connectivity index (χ1v) is 7.24. The second-order valence-electron chi connectivity index (χ2n) is 5.59. The standard InChI is InChI=1S/C17H16F3NO2/c1-10-8-15(21)14-7-6-13(9-16(14)22-10)23-12-4-2-11(3-5-12)17(18,19)20/h2-7,9-10,15H,8,21H2,1H3. The smallest absolute Gasteiger partial charge is 0.416 e. The zero-order valence-electron chi connectivity index (χ0n) is 12.4. The Kier molecular flexibility index (Phi) is 3.93. The normalized spacial score (nSPS) is 20.6. The Morgan fingerprint density at radius 3 is 2.39 bits per heavy atom. The summed E-state index contributed by atoms with van der Waals surface area (Å²) in [6, 6.07) is 9.73. The van der Waals surface area contributed by atoms with Crippen LogP contribution in [0.1, 0.15) is 30.5 Å². The lowest BCUT2D eigenvalue weighted by Gasteiger charge is -2.28. The van der Waals surface area contributed by atoms with Crippen molar-refractivity contribution < 1.29 is 22.6 Å². The summed E-state index contributed by atoms with van der Waals surface area (Å²) in [6.07, 6.45) is -3.60. The van der Waals surface area contributed by atoms with E-state index in [9.17, 15) is 13.2 Å². The molecule has 0 radical (unpaired) electrons. The van der Waals surface area contributed by atoms with Crippen LogP contribution in [0.4, 0.5) is 13.2 Å². The highest BCUT2D eigenvalue weighted by Crippen LogP contribution is 2.37. The first-order valence-electron chi connectivity index (χ1n) is 7.24. The van der Waals surface area contributed by atoms with Crippen LogP contribution in [0, 0.1) is 0 Å². The van der Waals surface area contributed by atoms with Crippen LogP contribution >= 0.6 is 0 Å². The second kappa shape index (κ2) is 5.77. The molecule has 0 amide bonds. The highest BCUT2D eigenvalue weighted by molar-refractivity contribution is 5.45. The number of rotatable bonds is 2. The summed E-state index contributed by atoms with van der Waals surface area (Å²) in [4.78, 5) is 0. The molecule has 122 valence electrons. The second-order valence-corrected chi connectivity index (χ2v) is 5.59. The first-order chi connectivity index (χ1) is 10.8. The van der Waals surface area contributed by atoms with Crippen LogP contribution < -0.4 is 15.2 Å². The Bertz CT molecular complexity index is 698. The lowest BCUT2D eigenvalue weighted by atomic mass is 9.98. The van der Waals surface area contributed by atoms with Crippen LogP contribution in [0.25, 0.3) is 0 Å². The molecule has 3 rings (SSSR count). The van der Waals surface area contributed by atoms with Gasteiger partial charge in [0.15, 0.2) is 0 Å². The predicted octanol–water partition coefficient (Wildman–Crippen LogP) is 4.67. The third-order valence-corrected chi connectivity index (χ3v) is 3.72. The van der Waals surface area contributed by atoms with Crippen molar-refractivity contribution in [1.82, 2.24) is 0 Å². The first kappa shape index (κ1) is 15.7. The number of benzene rings is 2. The maximum atomic E-state index is 12.5. The Labute approximate surface area is 131 Å². The molecule has 2 aromatic rings. The van der Waals surface area contributed by atoms with E-state index in [0.717, 1.165) is 24.1 Å². The number of hydrogen-bond acceptors (Lipinski definition) is 3. The molecule has 0 spiro atoms. The minimum atomic E-state index is -4.36. The van der Waals surface area contributed by atoms with Crippen LogP contribution in [-0.2, 0) is 6.18 Å². The molecule has 0 aliphatic carbocycles. The maximum Gasteiger partial charge on any atom is 0.416 e. The van der Waals surface area contributed by atoms with Gasteiger partial charge in [-0.3, -0.25) is 0 Å². The minimum absolute atomic E-state index is 0.0128. The largest absolute Gasteiger partial charge is 0.490 e.